The lowest BCUT2D eigenvalue weighted by atomic mass is 10.1. The molecule has 0 aromatic rings. The predicted molar refractivity (Wildman–Crippen MR) is 83.0 cm³/mol. The van der Waals surface area contributed by atoms with Gasteiger partial charge in [0.05, 0.1) is 5.54 Å². The first-order chi connectivity index (χ1) is 9.62. The average molecular weight is 318 g/mol. The Morgan fingerprint density at radius 2 is 2.00 bits per heavy atom. The number of carbonyl (C=O) groups is 1. The molecule has 21 heavy (non-hydrogen) atoms. The summed E-state index contributed by atoms with van der Waals surface area (Å²) in [6.07, 6.45) is 3.40. The molecule has 1 heterocycles. The van der Waals surface area contributed by atoms with E-state index in [9.17, 15) is 13.2 Å². The molecule has 1 aliphatic rings. The molecule has 0 aromatic heterocycles. The topological polar surface area (TPSA) is 76.0 Å². The highest BCUT2D eigenvalue weighted by Crippen LogP contribution is 2.19. The molecule has 0 spiro atoms. The highest BCUT2D eigenvalue weighted by molar-refractivity contribution is 7.89. The van der Waals surface area contributed by atoms with Crippen molar-refractivity contribution in [3.8, 4) is 0 Å². The zero-order valence-electron chi connectivity index (χ0n) is 13.4. The normalized spacial score (nSPS) is 17.7. The van der Waals surface area contributed by atoms with Crippen molar-refractivity contribution in [1.82, 2.24) is 4.31 Å². The van der Waals surface area contributed by atoms with E-state index in [2.05, 4.69) is 4.99 Å². The lowest BCUT2D eigenvalue weighted by Gasteiger charge is -2.15. The summed E-state index contributed by atoms with van der Waals surface area (Å²) in [5.74, 6) is 0.0573. The third-order valence-electron chi connectivity index (χ3n) is 3.24. The molecule has 122 valence electrons. The largest absolute Gasteiger partial charge is 0.478 e. The van der Waals surface area contributed by atoms with Crippen molar-refractivity contribution in [3.05, 3.63) is 0 Å². The summed E-state index contributed by atoms with van der Waals surface area (Å²) in [5.41, 5.74) is -0.115. The number of hydrogen-bond donors (Lipinski definition) is 0. The zero-order valence-corrected chi connectivity index (χ0v) is 14.2. The van der Waals surface area contributed by atoms with Crippen LogP contribution < -0.4 is 0 Å². The molecule has 0 N–H and O–H groups in total. The highest BCUT2D eigenvalue weighted by atomic mass is 32.2. The molecule has 1 rings (SSSR count). The summed E-state index contributed by atoms with van der Waals surface area (Å²) in [6, 6.07) is 0. The Labute approximate surface area is 127 Å². The average Bonchev–Trinajstić information content (AvgIpc) is 2.66. The summed E-state index contributed by atoms with van der Waals surface area (Å²) in [6.45, 7) is 6.43. The third kappa shape index (κ3) is 6.56. The number of aliphatic imine (C=N–C) groups is 1. The fourth-order valence-corrected chi connectivity index (χ4v) is 3.23. The fourth-order valence-electron chi connectivity index (χ4n) is 2.08. The first-order valence-electron chi connectivity index (χ1n) is 7.27. The van der Waals surface area contributed by atoms with Gasteiger partial charge in [0.25, 0.3) is 0 Å². The van der Waals surface area contributed by atoms with Crippen molar-refractivity contribution in [2.24, 2.45) is 4.99 Å². The van der Waals surface area contributed by atoms with Crippen molar-refractivity contribution in [3.63, 3.8) is 0 Å². The lowest BCUT2D eigenvalue weighted by molar-refractivity contribution is -0.114. The molecule has 0 atom stereocenters. The third-order valence-corrected chi connectivity index (χ3v) is 5.15. The molecule has 0 saturated heterocycles. The number of unbranched alkanes of at least 4 members (excludes halogenated alkanes) is 2. The van der Waals surface area contributed by atoms with E-state index >= 15 is 0 Å². The standard InChI is InChI=1S/C14H26N2O4S/c1-12(17)10-21(18,19)16(4)9-7-5-6-8-13-15-14(2,3)11-20-13/h5-11H2,1-4H3. The van der Waals surface area contributed by atoms with Crippen molar-refractivity contribution >= 4 is 21.7 Å². The molecule has 0 aliphatic carbocycles. The molecule has 0 amide bonds. The zero-order chi connectivity index (χ0) is 16.1. The van der Waals surface area contributed by atoms with Gasteiger partial charge in [0.1, 0.15) is 18.1 Å². The molecular formula is C14H26N2O4S. The molecule has 0 saturated carbocycles. The van der Waals surface area contributed by atoms with E-state index in [1.54, 1.807) is 0 Å². The van der Waals surface area contributed by atoms with Gasteiger partial charge in [0, 0.05) is 20.0 Å². The maximum absolute atomic E-state index is 11.8. The minimum absolute atomic E-state index is 0.115. The van der Waals surface area contributed by atoms with Crippen LogP contribution >= 0.6 is 0 Å². The number of hydrogen-bond acceptors (Lipinski definition) is 5. The SMILES string of the molecule is CC(=O)CS(=O)(=O)N(C)CCCCCC1=NC(C)(C)CO1. The van der Waals surface area contributed by atoms with Crippen molar-refractivity contribution in [2.45, 2.75) is 52.0 Å². The van der Waals surface area contributed by atoms with Crippen molar-refractivity contribution in [2.75, 3.05) is 26.0 Å². The summed E-state index contributed by atoms with van der Waals surface area (Å²) < 4.78 is 30.3. The second kappa shape index (κ2) is 7.35. The van der Waals surface area contributed by atoms with Gasteiger partial charge in [-0.05, 0) is 33.6 Å². The molecule has 1 aliphatic heterocycles. The van der Waals surface area contributed by atoms with Crippen LogP contribution in [0, 0.1) is 0 Å². The Kier molecular flexibility index (Phi) is 6.34. The summed E-state index contributed by atoms with van der Waals surface area (Å²) >= 11 is 0. The van der Waals surface area contributed by atoms with Crippen LogP contribution in [0.2, 0.25) is 0 Å². The first kappa shape index (κ1) is 18.1. The molecule has 0 fully saturated rings. The van der Waals surface area contributed by atoms with E-state index < -0.39 is 15.8 Å². The lowest BCUT2D eigenvalue weighted by Crippen LogP contribution is -2.32. The fraction of sp³-hybridized carbons (Fsp3) is 0.857. The van der Waals surface area contributed by atoms with Crippen LogP contribution in [0.15, 0.2) is 4.99 Å². The molecule has 6 nitrogen and oxygen atoms in total. The van der Waals surface area contributed by atoms with Crippen LogP contribution in [0.1, 0.15) is 46.5 Å². The summed E-state index contributed by atoms with van der Waals surface area (Å²) in [5, 5.41) is 0. The van der Waals surface area contributed by atoms with E-state index in [0.717, 1.165) is 31.6 Å². The number of carbonyl (C=O) groups excluding carboxylic acids is 1. The Bertz CT molecular complexity index is 497. The van der Waals surface area contributed by atoms with E-state index in [4.69, 9.17) is 4.74 Å². The van der Waals surface area contributed by atoms with Crippen molar-refractivity contribution in [1.29, 1.82) is 0 Å². The summed E-state index contributed by atoms with van der Waals surface area (Å²) in [4.78, 5) is 15.4. The van der Waals surface area contributed by atoms with Gasteiger partial charge >= 0.3 is 0 Å². The minimum atomic E-state index is -3.44. The highest BCUT2D eigenvalue weighted by Gasteiger charge is 2.25. The molecule has 7 heteroatoms. The number of ether oxygens (including phenoxy) is 1. The first-order valence-corrected chi connectivity index (χ1v) is 8.88. The minimum Gasteiger partial charge on any atom is -0.478 e. The van der Waals surface area contributed by atoms with Crippen LogP contribution in [-0.4, -0.2) is 55.9 Å². The van der Waals surface area contributed by atoms with Gasteiger partial charge in [-0.25, -0.2) is 17.7 Å². The van der Waals surface area contributed by atoms with Crippen LogP contribution in [0.4, 0.5) is 0 Å². The van der Waals surface area contributed by atoms with Gasteiger partial charge < -0.3 is 4.74 Å². The van der Waals surface area contributed by atoms with Crippen molar-refractivity contribution < 1.29 is 17.9 Å². The van der Waals surface area contributed by atoms with Crippen LogP contribution in [0.3, 0.4) is 0 Å². The van der Waals surface area contributed by atoms with Gasteiger partial charge in [-0.1, -0.05) is 6.42 Å². The van der Waals surface area contributed by atoms with E-state index in [0.29, 0.717) is 13.2 Å². The Morgan fingerprint density at radius 1 is 1.33 bits per heavy atom. The van der Waals surface area contributed by atoms with Crippen LogP contribution in [-0.2, 0) is 19.6 Å². The maximum atomic E-state index is 11.8. The van der Waals surface area contributed by atoms with Gasteiger partial charge in [0.15, 0.2) is 5.90 Å². The van der Waals surface area contributed by atoms with Crippen LogP contribution in [0.5, 0.6) is 0 Å². The second-order valence-electron chi connectivity index (χ2n) is 6.20. The molecule has 0 bridgehead atoms. The maximum Gasteiger partial charge on any atom is 0.220 e. The number of Topliss-reactive ketones (excluding diaryl/α,β-unsaturated/α-hetero) is 1. The van der Waals surface area contributed by atoms with E-state index in [1.807, 2.05) is 13.8 Å². The van der Waals surface area contributed by atoms with Gasteiger partial charge in [-0.3, -0.25) is 4.79 Å². The van der Waals surface area contributed by atoms with Crippen LogP contribution in [0.25, 0.3) is 0 Å². The number of sulfonamides is 1. The smallest absolute Gasteiger partial charge is 0.220 e. The predicted octanol–water partition coefficient (Wildman–Crippen LogP) is 1.60. The van der Waals surface area contributed by atoms with Gasteiger partial charge in [0.2, 0.25) is 10.0 Å². The molecular weight excluding hydrogens is 292 g/mol. The van der Waals surface area contributed by atoms with E-state index in [-0.39, 0.29) is 11.3 Å². The van der Waals surface area contributed by atoms with E-state index in [1.165, 1.54) is 18.3 Å². The van der Waals surface area contributed by atoms with Gasteiger partial charge in [-0.15, -0.1) is 0 Å². The monoisotopic (exact) mass is 318 g/mol. The number of nitrogens with zero attached hydrogens (tertiary/aromatic N) is 2. The summed E-state index contributed by atoms with van der Waals surface area (Å²) in [7, 11) is -1.92. The Morgan fingerprint density at radius 3 is 2.52 bits per heavy atom. The Hall–Kier alpha value is -0.950. The molecule has 0 aromatic carbocycles. The molecule has 0 radical (unpaired) electrons. The number of rotatable bonds is 9. The molecule has 0 unspecified atom stereocenters. The quantitative estimate of drug-likeness (QED) is 0.605. The Balaban J connectivity index is 2.21. The second-order valence-corrected chi connectivity index (χ2v) is 8.27. The van der Waals surface area contributed by atoms with Gasteiger partial charge in [-0.2, -0.15) is 0 Å². The number of ketones is 1.